The Kier molecular flexibility index (Phi) is 6.19. The van der Waals surface area contributed by atoms with Crippen molar-refractivity contribution >= 4 is 16.7 Å². The minimum atomic E-state index is -0.195. The molecule has 1 aromatic carbocycles. The molecular formula is C27H36N6O3. The summed E-state index contributed by atoms with van der Waals surface area (Å²) in [6, 6.07) is 6.60. The van der Waals surface area contributed by atoms with Crippen LogP contribution in [0.25, 0.3) is 16.7 Å². The first kappa shape index (κ1) is 23.8. The molecule has 36 heavy (non-hydrogen) atoms. The van der Waals surface area contributed by atoms with Gasteiger partial charge in [0, 0.05) is 24.5 Å². The van der Waals surface area contributed by atoms with Crippen LogP contribution in [0.3, 0.4) is 0 Å². The van der Waals surface area contributed by atoms with Gasteiger partial charge in [0.15, 0.2) is 5.82 Å². The molecule has 0 spiro atoms. The molecule has 3 aliphatic rings. The normalized spacial score (nSPS) is 23.2. The summed E-state index contributed by atoms with van der Waals surface area (Å²) >= 11 is 0. The number of aliphatic hydroxyl groups is 1. The summed E-state index contributed by atoms with van der Waals surface area (Å²) in [4.78, 5) is 14.2. The number of piperidine rings is 1. The van der Waals surface area contributed by atoms with Gasteiger partial charge in [-0.25, -0.2) is 14.6 Å². The number of ether oxygens (including phenoxy) is 2. The number of hydrogen-bond donors (Lipinski definition) is 1. The van der Waals surface area contributed by atoms with Gasteiger partial charge < -0.3 is 19.5 Å². The third-order valence-electron chi connectivity index (χ3n) is 8.17. The Bertz CT molecular complexity index is 1250. The van der Waals surface area contributed by atoms with Crippen LogP contribution in [0.1, 0.15) is 42.6 Å². The minimum Gasteiger partial charge on any atom is -0.394 e. The lowest BCUT2D eigenvalue weighted by Gasteiger charge is -2.50. The van der Waals surface area contributed by atoms with Crippen molar-refractivity contribution in [2.45, 2.75) is 51.2 Å². The molecule has 0 amide bonds. The molecule has 1 N–H and O–H groups in total. The van der Waals surface area contributed by atoms with Gasteiger partial charge in [0.25, 0.3) is 0 Å². The first-order valence-corrected chi connectivity index (χ1v) is 13.1. The van der Waals surface area contributed by atoms with E-state index in [1.807, 2.05) is 23.9 Å². The Morgan fingerprint density at radius 2 is 1.83 bits per heavy atom. The van der Waals surface area contributed by atoms with E-state index in [4.69, 9.17) is 19.6 Å². The molecule has 3 aliphatic heterocycles. The van der Waals surface area contributed by atoms with Crippen LogP contribution in [0.15, 0.2) is 24.4 Å². The number of hydrogen-bond acceptors (Lipinski definition) is 8. The van der Waals surface area contributed by atoms with Crippen molar-refractivity contribution in [2.24, 2.45) is 0 Å². The van der Waals surface area contributed by atoms with Gasteiger partial charge in [0.2, 0.25) is 0 Å². The molecule has 9 nitrogen and oxygen atoms in total. The minimum absolute atomic E-state index is 0.00525. The van der Waals surface area contributed by atoms with E-state index in [2.05, 4.69) is 40.8 Å². The van der Waals surface area contributed by atoms with Crippen LogP contribution in [-0.2, 0) is 9.47 Å². The molecule has 3 aromatic rings. The lowest BCUT2D eigenvalue weighted by molar-refractivity contribution is -0.136. The van der Waals surface area contributed by atoms with Crippen molar-refractivity contribution in [3.05, 3.63) is 41.3 Å². The average Bonchev–Trinajstić information content (AvgIpc) is 3.29. The maximum atomic E-state index is 9.55. The number of anilines is 1. The number of fused-ring (bicyclic) bond motifs is 1. The first-order chi connectivity index (χ1) is 17.4. The number of aliphatic hydroxyl groups excluding tert-OH is 1. The van der Waals surface area contributed by atoms with Crippen LogP contribution in [0.4, 0.5) is 5.82 Å². The fourth-order valence-electron chi connectivity index (χ4n) is 5.98. The van der Waals surface area contributed by atoms with Gasteiger partial charge in [0.05, 0.1) is 49.8 Å². The summed E-state index contributed by atoms with van der Waals surface area (Å²) in [6.45, 7) is 12.3. The van der Waals surface area contributed by atoms with Crippen LogP contribution in [0.5, 0.6) is 0 Å². The number of morpholine rings is 1. The van der Waals surface area contributed by atoms with Crippen LogP contribution in [0, 0.1) is 13.8 Å². The van der Waals surface area contributed by atoms with Crippen LogP contribution in [-0.4, -0.2) is 94.0 Å². The number of benzene rings is 1. The maximum absolute atomic E-state index is 9.55. The fraction of sp³-hybridized carbons (Fsp3) is 0.593. The van der Waals surface area contributed by atoms with Gasteiger partial charge in [0.1, 0.15) is 11.6 Å². The third kappa shape index (κ3) is 4.28. The first-order valence-electron chi connectivity index (χ1n) is 13.1. The molecule has 3 fully saturated rings. The quantitative estimate of drug-likeness (QED) is 0.582. The van der Waals surface area contributed by atoms with E-state index >= 15 is 0 Å². The number of rotatable bonds is 5. The maximum Gasteiger partial charge on any atom is 0.159 e. The summed E-state index contributed by atoms with van der Waals surface area (Å²) in [5.41, 5.74) is 4.06. The van der Waals surface area contributed by atoms with E-state index < -0.39 is 0 Å². The zero-order chi connectivity index (χ0) is 24.9. The Labute approximate surface area is 212 Å². The van der Waals surface area contributed by atoms with Crippen molar-refractivity contribution in [1.29, 1.82) is 0 Å². The van der Waals surface area contributed by atoms with Crippen molar-refractivity contribution in [2.75, 3.05) is 57.5 Å². The van der Waals surface area contributed by atoms with Crippen molar-refractivity contribution in [3.8, 4) is 5.82 Å². The summed E-state index contributed by atoms with van der Waals surface area (Å²) in [6.07, 6.45) is 4.06. The highest BCUT2D eigenvalue weighted by Crippen LogP contribution is 2.36. The summed E-state index contributed by atoms with van der Waals surface area (Å²) in [7, 11) is 0. The van der Waals surface area contributed by atoms with Gasteiger partial charge in [-0.1, -0.05) is 0 Å². The molecule has 0 saturated carbocycles. The molecule has 9 heteroatoms. The Balaban J connectivity index is 1.29. The van der Waals surface area contributed by atoms with Gasteiger partial charge in [-0.15, -0.1) is 0 Å². The second kappa shape index (κ2) is 9.37. The Hall–Kier alpha value is -2.59. The molecule has 5 heterocycles. The van der Waals surface area contributed by atoms with E-state index in [0.29, 0.717) is 24.9 Å². The molecule has 2 aromatic heterocycles. The smallest absolute Gasteiger partial charge is 0.159 e. The number of likely N-dealkylation sites (tertiary alicyclic amines) is 1. The van der Waals surface area contributed by atoms with E-state index in [1.165, 1.54) is 11.1 Å². The van der Waals surface area contributed by atoms with E-state index in [-0.39, 0.29) is 18.2 Å². The third-order valence-corrected chi connectivity index (χ3v) is 8.17. The monoisotopic (exact) mass is 492 g/mol. The van der Waals surface area contributed by atoms with Crippen molar-refractivity contribution in [1.82, 2.24) is 24.6 Å². The second-order valence-corrected chi connectivity index (χ2v) is 10.8. The highest BCUT2D eigenvalue weighted by molar-refractivity contribution is 5.82. The topological polar surface area (TPSA) is 88.8 Å². The molecule has 1 unspecified atom stereocenters. The molecule has 1 atom stereocenters. The molecular weight excluding hydrogens is 456 g/mol. The number of aromatic nitrogens is 4. The molecule has 0 radical (unpaired) electrons. The Morgan fingerprint density at radius 1 is 1.06 bits per heavy atom. The molecule has 6 rings (SSSR count). The van der Waals surface area contributed by atoms with Crippen molar-refractivity contribution in [3.63, 3.8) is 0 Å². The van der Waals surface area contributed by atoms with Gasteiger partial charge >= 0.3 is 0 Å². The Morgan fingerprint density at radius 3 is 2.56 bits per heavy atom. The van der Waals surface area contributed by atoms with Crippen LogP contribution in [0.2, 0.25) is 0 Å². The highest BCUT2D eigenvalue weighted by atomic mass is 16.5. The van der Waals surface area contributed by atoms with E-state index in [9.17, 15) is 5.11 Å². The molecule has 0 aliphatic carbocycles. The van der Waals surface area contributed by atoms with Crippen LogP contribution < -0.4 is 4.90 Å². The van der Waals surface area contributed by atoms with E-state index in [1.54, 1.807) is 0 Å². The predicted octanol–water partition coefficient (Wildman–Crippen LogP) is 2.60. The van der Waals surface area contributed by atoms with Gasteiger partial charge in [-0.3, -0.25) is 4.90 Å². The highest BCUT2D eigenvalue weighted by Gasteiger charge is 2.41. The standard InChI is InChI=1S/C27H36N6O3/c1-18-10-21-13-28-33(26-12-25(29-19(2)30-26)31-8-9-36-22(14-31)15-34)24(21)11-23(18)20-4-6-32(7-5-20)27(3)16-35-17-27/h10-13,20,22,34H,4-9,14-17H2,1-3H3. The second-order valence-electron chi connectivity index (χ2n) is 10.8. The zero-order valence-corrected chi connectivity index (χ0v) is 21.5. The molecule has 3 saturated heterocycles. The average molecular weight is 493 g/mol. The SMILES string of the molecule is Cc1nc(N2CCOC(CO)C2)cc(-n2ncc3cc(C)c(C4CCN(C5(C)COC5)CC4)cc32)n1. The summed E-state index contributed by atoms with van der Waals surface area (Å²) < 4.78 is 13.1. The molecule has 192 valence electrons. The lowest BCUT2D eigenvalue weighted by Crippen LogP contribution is -2.61. The van der Waals surface area contributed by atoms with E-state index in [0.717, 1.165) is 68.2 Å². The van der Waals surface area contributed by atoms with Gasteiger partial charge in [-0.2, -0.15) is 5.10 Å². The van der Waals surface area contributed by atoms with Crippen LogP contribution >= 0.6 is 0 Å². The summed E-state index contributed by atoms with van der Waals surface area (Å²) in [5, 5.41) is 15.4. The largest absolute Gasteiger partial charge is 0.394 e. The number of aryl methyl sites for hydroxylation is 2. The lowest BCUT2D eigenvalue weighted by atomic mass is 9.84. The molecule has 0 bridgehead atoms. The fourth-order valence-corrected chi connectivity index (χ4v) is 5.98. The number of nitrogens with zero attached hydrogens (tertiary/aromatic N) is 6. The van der Waals surface area contributed by atoms with Crippen molar-refractivity contribution < 1.29 is 14.6 Å². The van der Waals surface area contributed by atoms with Gasteiger partial charge in [-0.05, 0) is 75.9 Å². The zero-order valence-electron chi connectivity index (χ0n) is 21.5. The summed E-state index contributed by atoms with van der Waals surface area (Å²) in [5.74, 6) is 2.86. The predicted molar refractivity (Wildman–Crippen MR) is 138 cm³/mol.